The highest BCUT2D eigenvalue weighted by molar-refractivity contribution is 5.61. The van der Waals surface area contributed by atoms with Crippen LogP contribution in [0.5, 0.6) is 5.75 Å². The summed E-state index contributed by atoms with van der Waals surface area (Å²) in [5, 5.41) is 6.90. The van der Waals surface area contributed by atoms with Gasteiger partial charge in [-0.3, -0.25) is 0 Å². The van der Waals surface area contributed by atoms with Gasteiger partial charge in [0, 0.05) is 18.7 Å². The van der Waals surface area contributed by atoms with Gasteiger partial charge in [0.05, 0.1) is 5.69 Å². The minimum absolute atomic E-state index is 0.770. The summed E-state index contributed by atoms with van der Waals surface area (Å²) in [4.78, 5) is 0. The Bertz CT molecular complexity index is 401. The quantitative estimate of drug-likeness (QED) is 0.757. The molecule has 0 unspecified atom stereocenters. The smallest absolute Gasteiger partial charge is 0.146 e. The Hall–Kier alpha value is -1.22. The van der Waals surface area contributed by atoms with Crippen LogP contribution in [0.1, 0.15) is 31.2 Å². The summed E-state index contributed by atoms with van der Waals surface area (Å²) in [7, 11) is 0. The second-order valence-corrected chi connectivity index (χ2v) is 5.33. The van der Waals surface area contributed by atoms with Crippen LogP contribution in [0.3, 0.4) is 0 Å². The van der Waals surface area contributed by atoms with Gasteiger partial charge < -0.3 is 15.4 Å². The topological polar surface area (TPSA) is 33.3 Å². The molecule has 0 bridgehead atoms. The minimum atomic E-state index is 0.770. The Morgan fingerprint density at radius 1 is 1.33 bits per heavy atom. The van der Waals surface area contributed by atoms with Crippen molar-refractivity contribution in [2.75, 3.05) is 25.0 Å². The average molecular weight is 246 g/mol. The van der Waals surface area contributed by atoms with Gasteiger partial charge in [0.1, 0.15) is 12.4 Å². The van der Waals surface area contributed by atoms with Crippen molar-refractivity contribution in [2.45, 2.75) is 32.2 Å². The van der Waals surface area contributed by atoms with E-state index in [2.05, 4.69) is 28.8 Å². The maximum absolute atomic E-state index is 5.76. The van der Waals surface area contributed by atoms with Crippen LogP contribution >= 0.6 is 0 Å². The predicted molar refractivity (Wildman–Crippen MR) is 74.1 cm³/mol. The SMILES string of the molecule is c1cc(CNCCCC2CC2)c2c(c1)NCCO2. The van der Waals surface area contributed by atoms with Crippen molar-refractivity contribution in [1.29, 1.82) is 0 Å². The average Bonchev–Trinajstić information content (AvgIpc) is 3.23. The molecule has 1 aromatic carbocycles. The number of nitrogens with one attached hydrogen (secondary N) is 2. The van der Waals surface area contributed by atoms with E-state index in [0.29, 0.717) is 0 Å². The molecule has 1 saturated carbocycles. The number of hydrogen-bond acceptors (Lipinski definition) is 3. The number of para-hydroxylation sites is 1. The first-order valence-corrected chi connectivity index (χ1v) is 7.13. The lowest BCUT2D eigenvalue weighted by Gasteiger charge is -2.21. The van der Waals surface area contributed by atoms with E-state index in [1.54, 1.807) is 0 Å². The zero-order valence-corrected chi connectivity index (χ0v) is 10.9. The lowest BCUT2D eigenvalue weighted by atomic mass is 10.1. The van der Waals surface area contributed by atoms with Crippen LogP contribution in [0.2, 0.25) is 0 Å². The largest absolute Gasteiger partial charge is 0.489 e. The fourth-order valence-corrected chi connectivity index (χ4v) is 2.52. The van der Waals surface area contributed by atoms with E-state index >= 15 is 0 Å². The molecule has 1 heterocycles. The summed E-state index contributed by atoms with van der Waals surface area (Å²) in [5.41, 5.74) is 2.41. The molecule has 1 aliphatic heterocycles. The van der Waals surface area contributed by atoms with Gasteiger partial charge in [-0.1, -0.05) is 25.0 Å². The summed E-state index contributed by atoms with van der Waals surface area (Å²) < 4.78 is 5.76. The summed E-state index contributed by atoms with van der Waals surface area (Å²) >= 11 is 0. The van der Waals surface area contributed by atoms with E-state index in [1.807, 2.05) is 0 Å². The summed E-state index contributed by atoms with van der Waals surface area (Å²) in [5.74, 6) is 2.09. The number of rotatable bonds is 6. The lowest BCUT2D eigenvalue weighted by Crippen LogP contribution is -2.21. The monoisotopic (exact) mass is 246 g/mol. The van der Waals surface area contributed by atoms with Crippen molar-refractivity contribution < 1.29 is 4.74 Å². The standard InChI is InChI=1S/C15H22N2O/c1-4-13(11-16-8-2-3-12-6-7-12)15-14(5-1)17-9-10-18-15/h1,4-5,12,16-17H,2-3,6-11H2. The van der Waals surface area contributed by atoms with Gasteiger partial charge in [-0.2, -0.15) is 0 Å². The number of benzene rings is 1. The van der Waals surface area contributed by atoms with Crippen LogP contribution < -0.4 is 15.4 Å². The fraction of sp³-hybridized carbons (Fsp3) is 0.600. The molecular weight excluding hydrogens is 224 g/mol. The first kappa shape index (κ1) is 11.8. The van der Waals surface area contributed by atoms with E-state index in [1.165, 1.54) is 31.2 Å². The molecule has 0 spiro atoms. The zero-order chi connectivity index (χ0) is 12.2. The van der Waals surface area contributed by atoms with E-state index < -0.39 is 0 Å². The summed E-state index contributed by atoms with van der Waals surface area (Å²) in [6, 6.07) is 6.34. The molecule has 98 valence electrons. The van der Waals surface area contributed by atoms with Crippen LogP contribution in [0.15, 0.2) is 18.2 Å². The highest BCUT2D eigenvalue weighted by Crippen LogP contribution is 2.33. The van der Waals surface area contributed by atoms with E-state index in [0.717, 1.165) is 43.6 Å². The van der Waals surface area contributed by atoms with Gasteiger partial charge >= 0.3 is 0 Å². The van der Waals surface area contributed by atoms with Crippen LogP contribution in [0.4, 0.5) is 5.69 Å². The number of anilines is 1. The molecule has 3 rings (SSSR count). The number of hydrogen-bond donors (Lipinski definition) is 2. The molecule has 1 fully saturated rings. The molecule has 0 atom stereocenters. The van der Waals surface area contributed by atoms with Crippen molar-refractivity contribution >= 4 is 5.69 Å². The van der Waals surface area contributed by atoms with Crippen molar-refractivity contribution in [3.63, 3.8) is 0 Å². The predicted octanol–water partition coefficient (Wildman–Crippen LogP) is 2.77. The van der Waals surface area contributed by atoms with Crippen LogP contribution in [0, 0.1) is 5.92 Å². The van der Waals surface area contributed by atoms with Crippen LogP contribution in [0.25, 0.3) is 0 Å². The van der Waals surface area contributed by atoms with E-state index in [-0.39, 0.29) is 0 Å². The Morgan fingerprint density at radius 2 is 2.28 bits per heavy atom. The second kappa shape index (κ2) is 5.61. The van der Waals surface area contributed by atoms with Crippen molar-refractivity contribution in [3.8, 4) is 5.75 Å². The molecule has 2 aliphatic rings. The third-order valence-electron chi connectivity index (χ3n) is 3.74. The Labute approximate surface area is 109 Å². The third-order valence-corrected chi connectivity index (χ3v) is 3.74. The first-order valence-electron chi connectivity index (χ1n) is 7.13. The van der Waals surface area contributed by atoms with Gasteiger partial charge in [-0.05, 0) is 31.4 Å². The van der Waals surface area contributed by atoms with Gasteiger partial charge in [-0.25, -0.2) is 0 Å². The van der Waals surface area contributed by atoms with E-state index in [9.17, 15) is 0 Å². The highest BCUT2D eigenvalue weighted by Gasteiger charge is 2.20. The van der Waals surface area contributed by atoms with Gasteiger partial charge in [-0.15, -0.1) is 0 Å². The Kier molecular flexibility index (Phi) is 3.69. The zero-order valence-electron chi connectivity index (χ0n) is 10.9. The molecule has 0 aromatic heterocycles. The number of ether oxygens (including phenoxy) is 1. The summed E-state index contributed by atoms with van der Waals surface area (Å²) in [6.07, 6.45) is 5.63. The molecule has 3 heteroatoms. The van der Waals surface area contributed by atoms with Crippen molar-refractivity contribution in [2.24, 2.45) is 5.92 Å². The molecule has 3 nitrogen and oxygen atoms in total. The third kappa shape index (κ3) is 2.96. The van der Waals surface area contributed by atoms with E-state index in [4.69, 9.17) is 4.74 Å². The molecule has 0 radical (unpaired) electrons. The molecule has 0 amide bonds. The van der Waals surface area contributed by atoms with Crippen LogP contribution in [-0.4, -0.2) is 19.7 Å². The molecule has 2 N–H and O–H groups in total. The normalized spacial score (nSPS) is 17.8. The van der Waals surface area contributed by atoms with Gasteiger partial charge in [0.25, 0.3) is 0 Å². The Morgan fingerprint density at radius 3 is 3.17 bits per heavy atom. The molecule has 18 heavy (non-hydrogen) atoms. The van der Waals surface area contributed by atoms with Gasteiger partial charge in [0.15, 0.2) is 0 Å². The maximum Gasteiger partial charge on any atom is 0.146 e. The van der Waals surface area contributed by atoms with Crippen molar-refractivity contribution in [3.05, 3.63) is 23.8 Å². The summed E-state index contributed by atoms with van der Waals surface area (Å²) in [6.45, 7) is 3.71. The second-order valence-electron chi connectivity index (χ2n) is 5.33. The Balaban J connectivity index is 1.48. The molecule has 1 aromatic rings. The fourth-order valence-electron chi connectivity index (χ4n) is 2.52. The minimum Gasteiger partial charge on any atom is -0.489 e. The van der Waals surface area contributed by atoms with Gasteiger partial charge in [0.2, 0.25) is 0 Å². The highest BCUT2D eigenvalue weighted by atomic mass is 16.5. The maximum atomic E-state index is 5.76. The van der Waals surface area contributed by atoms with Crippen LogP contribution in [-0.2, 0) is 6.54 Å². The van der Waals surface area contributed by atoms with Crippen molar-refractivity contribution in [1.82, 2.24) is 5.32 Å². The number of fused-ring (bicyclic) bond motifs is 1. The molecule has 0 saturated heterocycles. The lowest BCUT2D eigenvalue weighted by molar-refractivity contribution is 0.319. The molecular formula is C15H22N2O. The molecule has 1 aliphatic carbocycles. The first-order chi connectivity index (χ1) is 8.93.